The van der Waals surface area contributed by atoms with Gasteiger partial charge in [0.15, 0.2) is 0 Å². The third-order valence-corrected chi connectivity index (χ3v) is 2.54. The van der Waals surface area contributed by atoms with Crippen molar-refractivity contribution < 1.29 is 4.92 Å². The van der Waals surface area contributed by atoms with Crippen molar-refractivity contribution in [2.75, 3.05) is 11.5 Å². The molecule has 10 nitrogen and oxygen atoms in total. The molecule has 21 heavy (non-hydrogen) atoms. The number of nitrogens with zero attached hydrogens (tertiary/aromatic N) is 6. The van der Waals surface area contributed by atoms with Crippen molar-refractivity contribution in [2.24, 2.45) is 10.2 Å². The fraction of sp³-hybridized carbons (Fsp3) is 0.182. The van der Waals surface area contributed by atoms with Crippen LogP contribution in [0.1, 0.15) is 18.5 Å². The van der Waals surface area contributed by atoms with E-state index in [-0.39, 0.29) is 23.5 Å². The van der Waals surface area contributed by atoms with Crippen LogP contribution < -0.4 is 11.5 Å². The first kappa shape index (κ1) is 14.2. The van der Waals surface area contributed by atoms with Gasteiger partial charge in [0, 0.05) is 12.1 Å². The molecular weight excluding hydrogens is 276 g/mol. The summed E-state index contributed by atoms with van der Waals surface area (Å²) in [6.45, 7) is 1.73. The number of nitrogens with two attached hydrogens (primary N) is 2. The zero-order valence-corrected chi connectivity index (χ0v) is 11.0. The third kappa shape index (κ3) is 3.65. The maximum Gasteiger partial charge on any atom is 0.275 e. The molecule has 0 saturated heterocycles. The number of nitrogen functional groups attached to an aromatic ring is 2. The summed E-state index contributed by atoms with van der Waals surface area (Å²) in [7, 11) is 0. The second-order valence-electron chi connectivity index (χ2n) is 4.10. The number of hydrogen-bond acceptors (Lipinski definition) is 9. The highest BCUT2D eigenvalue weighted by atomic mass is 16.6. The van der Waals surface area contributed by atoms with Crippen molar-refractivity contribution in [3.63, 3.8) is 0 Å². The highest BCUT2D eigenvalue weighted by Gasteiger charge is 2.10. The van der Waals surface area contributed by atoms with Gasteiger partial charge in [-0.2, -0.15) is 20.1 Å². The molecule has 0 spiro atoms. The van der Waals surface area contributed by atoms with E-state index in [0.717, 1.165) is 0 Å². The van der Waals surface area contributed by atoms with Gasteiger partial charge in [0.2, 0.25) is 11.9 Å². The lowest BCUT2D eigenvalue weighted by molar-refractivity contribution is -0.384. The van der Waals surface area contributed by atoms with E-state index in [1.807, 2.05) is 0 Å². The van der Waals surface area contributed by atoms with Gasteiger partial charge in [0.25, 0.3) is 11.6 Å². The molecule has 4 N–H and O–H groups in total. The lowest BCUT2D eigenvalue weighted by Crippen LogP contribution is -2.01. The average molecular weight is 288 g/mol. The monoisotopic (exact) mass is 288 g/mol. The number of non-ortho nitro benzene ring substituents is 1. The molecule has 0 radical (unpaired) electrons. The Hall–Kier alpha value is -3.17. The summed E-state index contributed by atoms with van der Waals surface area (Å²) in [5.74, 6) is -0.129. The quantitative estimate of drug-likeness (QED) is 0.492. The normalized spacial score (nSPS) is 12.4. The van der Waals surface area contributed by atoms with Crippen molar-refractivity contribution in [2.45, 2.75) is 13.0 Å². The van der Waals surface area contributed by atoms with Crippen LogP contribution in [0.25, 0.3) is 0 Å². The van der Waals surface area contributed by atoms with E-state index in [0.29, 0.717) is 5.56 Å². The van der Waals surface area contributed by atoms with Crippen LogP contribution in [0.3, 0.4) is 0 Å². The van der Waals surface area contributed by atoms with Crippen molar-refractivity contribution in [1.82, 2.24) is 15.0 Å². The summed E-state index contributed by atoms with van der Waals surface area (Å²) >= 11 is 0. The Morgan fingerprint density at radius 3 is 2.52 bits per heavy atom. The van der Waals surface area contributed by atoms with Crippen LogP contribution in [0.15, 0.2) is 34.5 Å². The highest BCUT2D eigenvalue weighted by Crippen LogP contribution is 2.23. The molecule has 0 saturated carbocycles. The van der Waals surface area contributed by atoms with E-state index in [1.54, 1.807) is 19.1 Å². The zero-order valence-electron chi connectivity index (χ0n) is 11.0. The molecule has 2 aromatic rings. The van der Waals surface area contributed by atoms with Crippen LogP contribution in [-0.4, -0.2) is 19.9 Å². The van der Waals surface area contributed by atoms with Gasteiger partial charge in [-0.15, -0.1) is 5.11 Å². The van der Waals surface area contributed by atoms with E-state index in [4.69, 9.17) is 11.5 Å². The smallest absolute Gasteiger partial charge is 0.275 e. The number of nitro benzene ring substituents is 1. The zero-order chi connectivity index (χ0) is 15.4. The minimum Gasteiger partial charge on any atom is -0.368 e. The number of nitro groups is 1. The molecule has 1 atom stereocenters. The molecule has 10 heteroatoms. The Balaban J connectivity index is 2.20. The van der Waals surface area contributed by atoms with E-state index >= 15 is 0 Å². The van der Waals surface area contributed by atoms with Crippen LogP contribution in [0.4, 0.5) is 23.5 Å². The highest BCUT2D eigenvalue weighted by molar-refractivity contribution is 5.36. The van der Waals surface area contributed by atoms with Gasteiger partial charge in [-0.05, 0) is 12.5 Å². The molecule has 1 heterocycles. The van der Waals surface area contributed by atoms with E-state index in [1.165, 1.54) is 12.1 Å². The first-order valence-corrected chi connectivity index (χ1v) is 5.88. The second-order valence-corrected chi connectivity index (χ2v) is 4.10. The maximum atomic E-state index is 10.7. The maximum absolute atomic E-state index is 10.7. The molecule has 108 valence electrons. The molecular formula is C11H12N8O2. The lowest BCUT2D eigenvalue weighted by atomic mass is 10.1. The Labute approximate surface area is 119 Å². The van der Waals surface area contributed by atoms with Crippen LogP contribution >= 0.6 is 0 Å². The van der Waals surface area contributed by atoms with Gasteiger partial charge in [-0.25, -0.2) is 0 Å². The van der Waals surface area contributed by atoms with Crippen molar-refractivity contribution in [1.29, 1.82) is 0 Å². The van der Waals surface area contributed by atoms with Crippen LogP contribution in [-0.2, 0) is 0 Å². The molecule has 0 aliphatic heterocycles. The molecule has 1 aromatic carbocycles. The average Bonchev–Trinajstić information content (AvgIpc) is 2.44. The fourth-order valence-electron chi connectivity index (χ4n) is 1.55. The number of azo groups is 1. The molecule has 0 fully saturated rings. The fourth-order valence-corrected chi connectivity index (χ4v) is 1.55. The van der Waals surface area contributed by atoms with Gasteiger partial charge in [0.05, 0.1) is 11.0 Å². The van der Waals surface area contributed by atoms with E-state index in [2.05, 4.69) is 25.2 Å². The second kappa shape index (κ2) is 5.86. The molecule has 0 bridgehead atoms. The van der Waals surface area contributed by atoms with Crippen LogP contribution in [0.2, 0.25) is 0 Å². The van der Waals surface area contributed by atoms with Crippen molar-refractivity contribution in [3.8, 4) is 0 Å². The Kier molecular flexibility index (Phi) is 3.97. The van der Waals surface area contributed by atoms with Gasteiger partial charge in [0.1, 0.15) is 0 Å². The standard InChI is InChI=1S/C11H12N8O2/c1-6(7-3-2-4-8(5-7)19(20)21)17-18-11-15-9(12)14-10(13)16-11/h2-6H,1H3,(H4,12,13,14,15,16). The predicted octanol–water partition coefficient (Wildman–Crippen LogP) is 1.79. The van der Waals surface area contributed by atoms with Crippen LogP contribution in [0, 0.1) is 10.1 Å². The minimum absolute atomic E-state index is 0.0109. The lowest BCUT2D eigenvalue weighted by Gasteiger charge is -2.04. The Morgan fingerprint density at radius 2 is 1.90 bits per heavy atom. The number of hydrogen-bond donors (Lipinski definition) is 2. The first-order chi connectivity index (χ1) is 9.95. The molecule has 1 aromatic heterocycles. The largest absolute Gasteiger partial charge is 0.368 e. The van der Waals surface area contributed by atoms with Gasteiger partial charge >= 0.3 is 0 Å². The number of aromatic nitrogens is 3. The molecule has 2 rings (SSSR count). The SMILES string of the molecule is CC(N=Nc1nc(N)nc(N)n1)c1cccc([N+](=O)[O-])c1. The number of anilines is 2. The molecule has 0 aliphatic carbocycles. The Morgan fingerprint density at radius 1 is 1.24 bits per heavy atom. The van der Waals surface area contributed by atoms with E-state index < -0.39 is 11.0 Å². The van der Waals surface area contributed by atoms with Gasteiger partial charge in [-0.1, -0.05) is 12.1 Å². The molecule has 0 amide bonds. The number of benzene rings is 1. The van der Waals surface area contributed by atoms with Crippen molar-refractivity contribution >= 4 is 23.5 Å². The van der Waals surface area contributed by atoms with Gasteiger partial charge < -0.3 is 11.5 Å². The summed E-state index contributed by atoms with van der Waals surface area (Å²) in [5.41, 5.74) is 11.5. The first-order valence-electron chi connectivity index (χ1n) is 5.88. The summed E-state index contributed by atoms with van der Waals surface area (Å²) in [4.78, 5) is 21.4. The summed E-state index contributed by atoms with van der Waals surface area (Å²) in [6, 6.07) is 5.72. The summed E-state index contributed by atoms with van der Waals surface area (Å²) in [5, 5.41) is 18.5. The minimum atomic E-state index is -0.471. The third-order valence-electron chi connectivity index (χ3n) is 2.54. The van der Waals surface area contributed by atoms with Gasteiger partial charge in [-0.3, -0.25) is 10.1 Å². The summed E-state index contributed by atoms with van der Waals surface area (Å²) in [6.07, 6.45) is 0. The van der Waals surface area contributed by atoms with Crippen LogP contribution in [0.5, 0.6) is 0 Å². The molecule has 0 aliphatic rings. The van der Waals surface area contributed by atoms with Crippen molar-refractivity contribution in [3.05, 3.63) is 39.9 Å². The topological polar surface area (TPSA) is 159 Å². The van der Waals surface area contributed by atoms with E-state index in [9.17, 15) is 10.1 Å². The molecule has 1 unspecified atom stereocenters. The Bertz CT molecular complexity index is 682. The number of rotatable bonds is 4. The predicted molar refractivity (Wildman–Crippen MR) is 74.7 cm³/mol. The summed E-state index contributed by atoms with van der Waals surface area (Å²) < 4.78 is 0.